The second-order valence-electron chi connectivity index (χ2n) is 6.99. The average molecular weight is 383 g/mol. The summed E-state index contributed by atoms with van der Waals surface area (Å²) in [5.74, 6) is 0.400. The molecule has 0 fully saturated rings. The van der Waals surface area contributed by atoms with Gasteiger partial charge in [0.1, 0.15) is 5.75 Å². The number of para-hydroxylation sites is 2. The molecule has 0 heterocycles. The molecule has 28 heavy (non-hydrogen) atoms. The molecule has 0 aliphatic carbocycles. The van der Waals surface area contributed by atoms with Crippen molar-refractivity contribution in [1.29, 1.82) is 0 Å². The molecule has 1 N–H and O–H groups in total. The van der Waals surface area contributed by atoms with Crippen molar-refractivity contribution in [1.82, 2.24) is 4.90 Å². The summed E-state index contributed by atoms with van der Waals surface area (Å²) in [6.07, 6.45) is 1.85. The van der Waals surface area contributed by atoms with Gasteiger partial charge in [-0.15, -0.1) is 0 Å². The van der Waals surface area contributed by atoms with Crippen LogP contribution in [-0.4, -0.2) is 35.9 Å². The lowest BCUT2D eigenvalue weighted by Crippen LogP contribution is -2.32. The Balaban J connectivity index is 2.11. The molecule has 0 aliphatic heterocycles. The van der Waals surface area contributed by atoms with Gasteiger partial charge in [-0.2, -0.15) is 0 Å². The molecule has 0 aromatic heterocycles. The van der Waals surface area contributed by atoms with Crippen LogP contribution in [0.3, 0.4) is 0 Å². The van der Waals surface area contributed by atoms with E-state index in [0.717, 1.165) is 25.9 Å². The Morgan fingerprint density at radius 3 is 2.07 bits per heavy atom. The van der Waals surface area contributed by atoms with Crippen molar-refractivity contribution in [2.45, 2.75) is 46.6 Å². The van der Waals surface area contributed by atoms with E-state index >= 15 is 0 Å². The highest BCUT2D eigenvalue weighted by molar-refractivity contribution is 6.05. The number of benzene rings is 2. The first-order valence-electron chi connectivity index (χ1n) is 9.92. The van der Waals surface area contributed by atoms with Crippen LogP contribution in [0.1, 0.15) is 61.3 Å². The van der Waals surface area contributed by atoms with Crippen LogP contribution < -0.4 is 10.1 Å². The van der Waals surface area contributed by atoms with Gasteiger partial charge in [0.2, 0.25) is 0 Å². The number of hydrogen-bond acceptors (Lipinski definition) is 3. The molecule has 5 heteroatoms. The third-order valence-corrected chi connectivity index (χ3v) is 4.17. The van der Waals surface area contributed by atoms with Crippen molar-refractivity contribution < 1.29 is 14.3 Å². The number of carbonyl (C=O) groups excluding carboxylic acids is 2. The number of hydrogen-bond donors (Lipinski definition) is 1. The fourth-order valence-electron chi connectivity index (χ4n) is 2.92. The highest BCUT2D eigenvalue weighted by Gasteiger charge is 2.16. The number of ether oxygens (including phenoxy) is 1. The van der Waals surface area contributed by atoms with Crippen molar-refractivity contribution in [3.8, 4) is 5.75 Å². The molecule has 150 valence electrons. The molecule has 2 rings (SSSR count). The van der Waals surface area contributed by atoms with Crippen molar-refractivity contribution in [3.05, 3.63) is 59.7 Å². The van der Waals surface area contributed by atoms with Crippen LogP contribution in [0.4, 0.5) is 5.69 Å². The summed E-state index contributed by atoms with van der Waals surface area (Å²) < 4.78 is 5.74. The van der Waals surface area contributed by atoms with E-state index in [0.29, 0.717) is 22.6 Å². The molecular formula is C23H30N2O3. The number of nitrogens with zero attached hydrogens (tertiary/aromatic N) is 1. The number of anilines is 1. The maximum absolute atomic E-state index is 12.7. The van der Waals surface area contributed by atoms with Crippen LogP contribution in [0.25, 0.3) is 0 Å². The average Bonchev–Trinajstić information content (AvgIpc) is 2.68. The Labute approximate surface area is 167 Å². The summed E-state index contributed by atoms with van der Waals surface area (Å²) in [4.78, 5) is 27.1. The lowest BCUT2D eigenvalue weighted by Gasteiger charge is -2.21. The van der Waals surface area contributed by atoms with E-state index in [9.17, 15) is 9.59 Å². The smallest absolute Gasteiger partial charge is 0.255 e. The van der Waals surface area contributed by atoms with Crippen LogP contribution in [0.2, 0.25) is 0 Å². The molecule has 0 radical (unpaired) electrons. The topological polar surface area (TPSA) is 58.6 Å². The van der Waals surface area contributed by atoms with Gasteiger partial charge in [0, 0.05) is 24.2 Å². The van der Waals surface area contributed by atoms with Gasteiger partial charge in [0.05, 0.1) is 11.8 Å². The minimum Gasteiger partial charge on any atom is -0.489 e. The Kier molecular flexibility index (Phi) is 8.05. The fraction of sp³-hybridized carbons (Fsp3) is 0.391. The van der Waals surface area contributed by atoms with Crippen LogP contribution in [-0.2, 0) is 0 Å². The van der Waals surface area contributed by atoms with Gasteiger partial charge in [-0.1, -0.05) is 26.0 Å². The Bertz CT molecular complexity index is 779. The van der Waals surface area contributed by atoms with Gasteiger partial charge in [0.25, 0.3) is 11.8 Å². The molecule has 0 unspecified atom stereocenters. The third-order valence-electron chi connectivity index (χ3n) is 4.17. The first-order valence-corrected chi connectivity index (χ1v) is 9.92. The maximum atomic E-state index is 12.7. The molecule has 2 amide bonds. The van der Waals surface area contributed by atoms with Crippen LogP contribution in [0, 0.1) is 0 Å². The molecule has 0 atom stereocenters. The molecule has 0 bridgehead atoms. The van der Waals surface area contributed by atoms with Gasteiger partial charge >= 0.3 is 0 Å². The van der Waals surface area contributed by atoms with Crippen LogP contribution in [0.5, 0.6) is 5.75 Å². The summed E-state index contributed by atoms with van der Waals surface area (Å²) in [6, 6.07) is 14.1. The van der Waals surface area contributed by atoms with E-state index in [-0.39, 0.29) is 17.9 Å². The van der Waals surface area contributed by atoms with Crippen LogP contribution in [0.15, 0.2) is 48.5 Å². The summed E-state index contributed by atoms with van der Waals surface area (Å²) in [6.45, 7) is 9.47. The van der Waals surface area contributed by atoms with Gasteiger partial charge < -0.3 is 15.0 Å². The Morgan fingerprint density at radius 2 is 1.50 bits per heavy atom. The van der Waals surface area contributed by atoms with Crippen molar-refractivity contribution >= 4 is 17.5 Å². The summed E-state index contributed by atoms with van der Waals surface area (Å²) in [5.41, 5.74) is 1.72. The van der Waals surface area contributed by atoms with Gasteiger partial charge in [-0.25, -0.2) is 0 Å². The molecule has 0 saturated heterocycles. The van der Waals surface area contributed by atoms with E-state index in [4.69, 9.17) is 4.74 Å². The van der Waals surface area contributed by atoms with Gasteiger partial charge in [-0.05, 0) is 63.1 Å². The fourth-order valence-corrected chi connectivity index (χ4v) is 2.92. The molecule has 0 saturated carbocycles. The zero-order chi connectivity index (χ0) is 20.5. The Morgan fingerprint density at radius 1 is 0.929 bits per heavy atom. The summed E-state index contributed by atoms with van der Waals surface area (Å²) in [5, 5.41) is 2.88. The van der Waals surface area contributed by atoms with Crippen molar-refractivity contribution in [3.63, 3.8) is 0 Å². The van der Waals surface area contributed by atoms with Crippen LogP contribution >= 0.6 is 0 Å². The van der Waals surface area contributed by atoms with Gasteiger partial charge in [-0.3, -0.25) is 9.59 Å². The summed E-state index contributed by atoms with van der Waals surface area (Å²) in [7, 11) is 0. The molecular weight excluding hydrogens is 352 g/mol. The Hall–Kier alpha value is -2.82. The molecule has 2 aromatic rings. The minimum absolute atomic E-state index is 0.00587. The summed E-state index contributed by atoms with van der Waals surface area (Å²) >= 11 is 0. The van der Waals surface area contributed by atoms with E-state index in [2.05, 4.69) is 19.2 Å². The van der Waals surface area contributed by atoms with Gasteiger partial charge in [0.15, 0.2) is 0 Å². The van der Waals surface area contributed by atoms with E-state index < -0.39 is 0 Å². The zero-order valence-electron chi connectivity index (χ0n) is 17.2. The molecule has 5 nitrogen and oxygen atoms in total. The van der Waals surface area contributed by atoms with E-state index in [1.807, 2.05) is 36.9 Å². The highest BCUT2D eigenvalue weighted by atomic mass is 16.5. The standard InChI is InChI=1S/C23H30N2O3/c1-5-15-25(16-6-2)23(27)19-13-11-18(12-14-19)22(26)24-20-9-7-8-10-21(20)28-17(3)4/h7-14,17H,5-6,15-16H2,1-4H3,(H,24,26). The lowest BCUT2D eigenvalue weighted by molar-refractivity contribution is 0.0755. The first-order chi connectivity index (χ1) is 13.5. The van der Waals surface area contributed by atoms with Crippen molar-refractivity contribution in [2.75, 3.05) is 18.4 Å². The highest BCUT2D eigenvalue weighted by Crippen LogP contribution is 2.25. The number of nitrogens with one attached hydrogen (secondary N) is 1. The zero-order valence-corrected chi connectivity index (χ0v) is 17.2. The maximum Gasteiger partial charge on any atom is 0.255 e. The second kappa shape index (κ2) is 10.5. The quantitative estimate of drug-likeness (QED) is 0.665. The molecule has 0 aliphatic rings. The monoisotopic (exact) mass is 382 g/mol. The number of amides is 2. The normalized spacial score (nSPS) is 10.6. The first kappa shape index (κ1) is 21.5. The number of carbonyl (C=O) groups is 2. The lowest BCUT2D eigenvalue weighted by atomic mass is 10.1. The number of rotatable bonds is 9. The second-order valence-corrected chi connectivity index (χ2v) is 6.99. The minimum atomic E-state index is -0.238. The van der Waals surface area contributed by atoms with E-state index in [1.165, 1.54) is 0 Å². The molecule has 0 spiro atoms. The SMILES string of the molecule is CCCN(CCC)C(=O)c1ccc(C(=O)Nc2ccccc2OC(C)C)cc1. The van der Waals surface area contributed by atoms with Crippen molar-refractivity contribution in [2.24, 2.45) is 0 Å². The largest absolute Gasteiger partial charge is 0.489 e. The third kappa shape index (κ3) is 5.84. The molecule has 2 aromatic carbocycles. The predicted octanol–water partition coefficient (Wildman–Crippen LogP) is 4.99. The predicted molar refractivity (Wildman–Crippen MR) is 113 cm³/mol. The van der Waals surface area contributed by atoms with E-state index in [1.54, 1.807) is 30.3 Å².